The first-order chi connectivity index (χ1) is 7.69. The van der Waals surface area contributed by atoms with E-state index in [1.165, 1.54) is 0 Å². The van der Waals surface area contributed by atoms with Crippen molar-refractivity contribution in [3.63, 3.8) is 0 Å². The number of alkyl carbamates (subject to hydrolysis) is 1. The van der Waals surface area contributed by atoms with Crippen LogP contribution in [0.25, 0.3) is 0 Å². The summed E-state index contributed by atoms with van der Waals surface area (Å²) in [4.78, 5) is 22.6. The Morgan fingerprint density at radius 2 is 2.19 bits per heavy atom. The molecule has 16 heavy (non-hydrogen) atoms. The third kappa shape index (κ3) is 3.40. The van der Waals surface area contributed by atoms with E-state index in [1.807, 2.05) is 0 Å². The Labute approximate surface area is 95.5 Å². The fourth-order valence-electron chi connectivity index (χ4n) is 1.72. The molecule has 0 radical (unpaired) electrons. The molecule has 2 atom stereocenters. The van der Waals surface area contributed by atoms with E-state index in [0.717, 1.165) is 19.3 Å². The lowest BCUT2D eigenvalue weighted by Crippen LogP contribution is -2.40. The number of amides is 1. The average Bonchev–Trinajstić information content (AvgIpc) is 2.61. The predicted molar refractivity (Wildman–Crippen MR) is 58.0 cm³/mol. The maximum Gasteiger partial charge on any atom is 0.408 e. The summed E-state index contributed by atoms with van der Waals surface area (Å²) in [5.41, 5.74) is 0. The highest BCUT2D eigenvalue weighted by Gasteiger charge is 2.39. The zero-order chi connectivity index (χ0) is 12.0. The van der Waals surface area contributed by atoms with Crippen LogP contribution >= 0.6 is 0 Å². The van der Waals surface area contributed by atoms with Gasteiger partial charge in [-0.3, -0.25) is 0 Å². The Hall–Kier alpha value is -1.26. The van der Waals surface area contributed by atoms with Gasteiger partial charge in [0.15, 0.2) is 6.04 Å². The molecule has 0 aromatic carbocycles. The quantitative estimate of drug-likeness (QED) is 0.555. The lowest BCUT2D eigenvalue weighted by atomic mass is 10.0. The molecule has 92 valence electrons. The monoisotopic (exact) mass is 229 g/mol. The van der Waals surface area contributed by atoms with E-state index < -0.39 is 18.1 Å². The summed E-state index contributed by atoms with van der Waals surface area (Å²) in [5.74, 6) is -0.408. The maximum atomic E-state index is 11.5. The van der Waals surface area contributed by atoms with Gasteiger partial charge in [0.25, 0.3) is 0 Å². The van der Waals surface area contributed by atoms with Gasteiger partial charge in [0.2, 0.25) is 0 Å². The van der Waals surface area contributed by atoms with Gasteiger partial charge < -0.3 is 14.8 Å². The van der Waals surface area contributed by atoms with Gasteiger partial charge >= 0.3 is 12.1 Å². The summed E-state index contributed by atoms with van der Waals surface area (Å²) < 4.78 is 9.91. The van der Waals surface area contributed by atoms with Crippen LogP contribution in [-0.4, -0.2) is 30.8 Å². The number of hydrogen-bond acceptors (Lipinski definition) is 4. The second kappa shape index (κ2) is 6.35. The summed E-state index contributed by atoms with van der Waals surface area (Å²) in [6, 6.07) is -0.635. The molecule has 1 N–H and O–H groups in total. The molecule has 5 heteroatoms. The molecule has 5 nitrogen and oxygen atoms in total. The topological polar surface area (TPSA) is 64.6 Å². The Kier molecular flexibility index (Phi) is 5.08. The standard InChI is InChI=1S/C11H19NO4/c1-3-5-6-7-8-9(10(13)15-4-2)12-11(14)16-8/h8-9H,3-7H2,1-2H3,(H,12,14). The molecule has 0 saturated carbocycles. The second-order valence-corrected chi connectivity index (χ2v) is 3.81. The molecular formula is C11H19NO4. The zero-order valence-electron chi connectivity index (χ0n) is 9.82. The van der Waals surface area contributed by atoms with Crippen molar-refractivity contribution in [2.75, 3.05) is 6.61 Å². The minimum atomic E-state index is -0.635. The number of unbranched alkanes of at least 4 members (excludes halogenated alkanes) is 2. The van der Waals surface area contributed by atoms with Gasteiger partial charge in [-0.1, -0.05) is 19.8 Å². The number of ether oxygens (including phenoxy) is 2. The van der Waals surface area contributed by atoms with Crippen molar-refractivity contribution in [2.45, 2.75) is 51.7 Å². The van der Waals surface area contributed by atoms with E-state index in [9.17, 15) is 9.59 Å². The van der Waals surface area contributed by atoms with Crippen LogP contribution < -0.4 is 5.32 Å². The van der Waals surface area contributed by atoms with Crippen molar-refractivity contribution in [1.82, 2.24) is 5.32 Å². The number of hydrogen-bond donors (Lipinski definition) is 1. The van der Waals surface area contributed by atoms with Crippen molar-refractivity contribution in [2.24, 2.45) is 0 Å². The lowest BCUT2D eigenvalue weighted by Gasteiger charge is -2.14. The van der Waals surface area contributed by atoms with Crippen LogP contribution in [0.15, 0.2) is 0 Å². The molecule has 0 bridgehead atoms. The summed E-state index contributed by atoms with van der Waals surface area (Å²) in [6.45, 7) is 4.15. The third-order valence-corrected chi connectivity index (χ3v) is 2.54. The third-order valence-electron chi connectivity index (χ3n) is 2.54. The fourth-order valence-corrected chi connectivity index (χ4v) is 1.72. The maximum absolute atomic E-state index is 11.5. The Balaban J connectivity index is 2.45. The van der Waals surface area contributed by atoms with Gasteiger partial charge in [0, 0.05) is 0 Å². The highest BCUT2D eigenvalue weighted by atomic mass is 16.6. The largest absolute Gasteiger partial charge is 0.464 e. The van der Waals surface area contributed by atoms with Crippen molar-refractivity contribution >= 4 is 12.1 Å². The first-order valence-corrected chi connectivity index (χ1v) is 5.82. The smallest absolute Gasteiger partial charge is 0.408 e. The van der Waals surface area contributed by atoms with Crippen LogP contribution in [0.2, 0.25) is 0 Å². The number of carbonyl (C=O) groups excluding carboxylic acids is 2. The van der Waals surface area contributed by atoms with Gasteiger partial charge in [-0.05, 0) is 19.8 Å². The van der Waals surface area contributed by atoms with Gasteiger partial charge in [0.1, 0.15) is 6.10 Å². The van der Waals surface area contributed by atoms with E-state index in [4.69, 9.17) is 9.47 Å². The molecule has 0 aliphatic carbocycles. The molecule has 1 aliphatic heterocycles. The molecule has 1 amide bonds. The van der Waals surface area contributed by atoms with E-state index in [1.54, 1.807) is 6.92 Å². The van der Waals surface area contributed by atoms with Gasteiger partial charge in [-0.15, -0.1) is 0 Å². The molecule has 0 aromatic heterocycles. The van der Waals surface area contributed by atoms with Gasteiger partial charge in [-0.25, -0.2) is 9.59 Å². The molecular weight excluding hydrogens is 210 g/mol. The van der Waals surface area contributed by atoms with E-state index in [-0.39, 0.29) is 6.10 Å². The normalized spacial score (nSPS) is 23.8. The highest BCUT2D eigenvalue weighted by Crippen LogP contribution is 2.17. The molecule has 1 fully saturated rings. The molecule has 1 rings (SSSR count). The van der Waals surface area contributed by atoms with Crippen molar-refractivity contribution in [1.29, 1.82) is 0 Å². The molecule has 2 unspecified atom stereocenters. The van der Waals surface area contributed by atoms with Crippen LogP contribution in [0.5, 0.6) is 0 Å². The summed E-state index contributed by atoms with van der Waals surface area (Å²) >= 11 is 0. The van der Waals surface area contributed by atoms with Crippen molar-refractivity contribution in [3.8, 4) is 0 Å². The van der Waals surface area contributed by atoms with Crippen LogP contribution in [-0.2, 0) is 14.3 Å². The lowest BCUT2D eigenvalue weighted by molar-refractivity contribution is -0.146. The molecule has 1 aliphatic rings. The van der Waals surface area contributed by atoms with Crippen LogP contribution in [0.3, 0.4) is 0 Å². The van der Waals surface area contributed by atoms with Gasteiger partial charge in [0.05, 0.1) is 6.61 Å². The summed E-state index contributed by atoms with van der Waals surface area (Å²) in [6.07, 6.45) is 2.92. The Morgan fingerprint density at radius 3 is 2.81 bits per heavy atom. The summed E-state index contributed by atoms with van der Waals surface area (Å²) in [7, 11) is 0. The average molecular weight is 229 g/mol. The molecule has 1 saturated heterocycles. The van der Waals surface area contributed by atoms with Gasteiger partial charge in [-0.2, -0.15) is 0 Å². The first-order valence-electron chi connectivity index (χ1n) is 5.82. The number of cyclic esters (lactones) is 1. The fraction of sp³-hybridized carbons (Fsp3) is 0.818. The molecule has 0 spiro atoms. The SMILES string of the molecule is CCCCCC1OC(=O)NC1C(=O)OCC. The number of esters is 1. The molecule has 1 heterocycles. The Morgan fingerprint density at radius 1 is 1.44 bits per heavy atom. The van der Waals surface area contributed by atoms with E-state index >= 15 is 0 Å². The van der Waals surface area contributed by atoms with Crippen molar-refractivity contribution < 1.29 is 19.1 Å². The second-order valence-electron chi connectivity index (χ2n) is 3.81. The number of carbonyl (C=O) groups is 2. The van der Waals surface area contributed by atoms with Crippen molar-refractivity contribution in [3.05, 3.63) is 0 Å². The number of rotatable bonds is 6. The highest BCUT2D eigenvalue weighted by molar-refractivity contribution is 5.84. The minimum absolute atomic E-state index is 0.312. The Bertz CT molecular complexity index is 254. The van der Waals surface area contributed by atoms with Crippen LogP contribution in [0.4, 0.5) is 4.79 Å². The first kappa shape index (κ1) is 12.8. The van der Waals surface area contributed by atoms with Crippen LogP contribution in [0.1, 0.15) is 39.5 Å². The number of nitrogens with one attached hydrogen (secondary N) is 1. The zero-order valence-corrected chi connectivity index (χ0v) is 9.82. The van der Waals surface area contributed by atoms with Crippen LogP contribution in [0, 0.1) is 0 Å². The van der Waals surface area contributed by atoms with E-state index in [2.05, 4.69) is 12.2 Å². The predicted octanol–water partition coefficient (Wildman–Crippen LogP) is 1.61. The summed E-state index contributed by atoms with van der Waals surface area (Å²) in [5, 5.41) is 2.48. The van der Waals surface area contributed by atoms with E-state index in [0.29, 0.717) is 13.0 Å². The molecule has 0 aromatic rings. The minimum Gasteiger partial charge on any atom is -0.464 e.